The van der Waals surface area contributed by atoms with Gasteiger partial charge in [0.15, 0.2) is 0 Å². The standard InChI is InChI=1S/C15H20O3/c1-3-4-13(15(17)18)10-14(16)9-12-7-5-11(2)6-8-12/h5-8,13H,3-4,9-10H2,1-2H3,(H,17,18)/t13-/m1/s1. The van der Waals surface area contributed by atoms with Crippen LogP contribution in [0.3, 0.4) is 0 Å². The molecule has 0 heterocycles. The van der Waals surface area contributed by atoms with Crippen LogP contribution in [-0.2, 0) is 16.0 Å². The third-order valence-corrected chi connectivity index (χ3v) is 2.98. The summed E-state index contributed by atoms with van der Waals surface area (Å²) in [6.45, 7) is 3.92. The number of benzene rings is 1. The van der Waals surface area contributed by atoms with Crippen LogP contribution < -0.4 is 0 Å². The number of aryl methyl sites for hydroxylation is 1. The number of carboxylic acids is 1. The Morgan fingerprint density at radius 3 is 2.33 bits per heavy atom. The van der Waals surface area contributed by atoms with E-state index >= 15 is 0 Å². The highest BCUT2D eigenvalue weighted by atomic mass is 16.4. The predicted molar refractivity (Wildman–Crippen MR) is 70.5 cm³/mol. The summed E-state index contributed by atoms with van der Waals surface area (Å²) in [6, 6.07) is 7.76. The summed E-state index contributed by atoms with van der Waals surface area (Å²) < 4.78 is 0. The van der Waals surface area contributed by atoms with E-state index in [9.17, 15) is 9.59 Å². The van der Waals surface area contributed by atoms with Crippen molar-refractivity contribution in [2.24, 2.45) is 5.92 Å². The second kappa shape index (κ2) is 6.94. The maximum atomic E-state index is 11.8. The normalized spacial score (nSPS) is 12.1. The first-order chi connectivity index (χ1) is 8.52. The Balaban J connectivity index is 2.54. The van der Waals surface area contributed by atoms with Gasteiger partial charge in [-0.25, -0.2) is 0 Å². The molecule has 1 N–H and O–H groups in total. The number of hydrogen-bond donors (Lipinski definition) is 1. The second-order valence-electron chi connectivity index (χ2n) is 4.73. The molecule has 1 aromatic carbocycles. The van der Waals surface area contributed by atoms with Crippen LogP contribution in [0.2, 0.25) is 0 Å². The largest absolute Gasteiger partial charge is 0.481 e. The first-order valence-electron chi connectivity index (χ1n) is 6.33. The number of carboxylic acid groups (broad SMARTS) is 1. The molecule has 0 fully saturated rings. The third kappa shape index (κ3) is 4.70. The van der Waals surface area contributed by atoms with Crippen molar-refractivity contribution >= 4 is 11.8 Å². The highest BCUT2D eigenvalue weighted by Gasteiger charge is 2.20. The summed E-state index contributed by atoms with van der Waals surface area (Å²) in [6.07, 6.45) is 1.81. The number of aliphatic carboxylic acids is 1. The van der Waals surface area contributed by atoms with Crippen molar-refractivity contribution in [1.29, 1.82) is 0 Å². The molecular weight excluding hydrogens is 228 g/mol. The van der Waals surface area contributed by atoms with E-state index in [1.165, 1.54) is 0 Å². The topological polar surface area (TPSA) is 54.4 Å². The fraction of sp³-hybridized carbons (Fsp3) is 0.467. The van der Waals surface area contributed by atoms with Crippen LogP contribution in [0.15, 0.2) is 24.3 Å². The maximum Gasteiger partial charge on any atom is 0.306 e. The molecule has 0 amide bonds. The zero-order valence-corrected chi connectivity index (χ0v) is 11.0. The first-order valence-corrected chi connectivity index (χ1v) is 6.33. The molecule has 3 heteroatoms. The van der Waals surface area contributed by atoms with E-state index < -0.39 is 11.9 Å². The predicted octanol–water partition coefficient (Wildman–Crippen LogP) is 3.00. The molecule has 98 valence electrons. The summed E-state index contributed by atoms with van der Waals surface area (Å²) in [5, 5.41) is 9.00. The fourth-order valence-corrected chi connectivity index (χ4v) is 1.94. The minimum Gasteiger partial charge on any atom is -0.481 e. The van der Waals surface area contributed by atoms with Crippen molar-refractivity contribution < 1.29 is 14.7 Å². The monoisotopic (exact) mass is 248 g/mol. The zero-order valence-electron chi connectivity index (χ0n) is 11.0. The smallest absolute Gasteiger partial charge is 0.306 e. The Hall–Kier alpha value is -1.64. The average Bonchev–Trinajstić information content (AvgIpc) is 2.31. The Bertz CT molecular complexity index is 406. The summed E-state index contributed by atoms with van der Waals surface area (Å²) in [7, 11) is 0. The van der Waals surface area contributed by atoms with Crippen molar-refractivity contribution in [3.63, 3.8) is 0 Å². The van der Waals surface area contributed by atoms with E-state index in [0.29, 0.717) is 12.8 Å². The van der Waals surface area contributed by atoms with Gasteiger partial charge < -0.3 is 5.11 Å². The number of hydrogen-bond acceptors (Lipinski definition) is 2. The van der Waals surface area contributed by atoms with E-state index in [1.54, 1.807) is 0 Å². The zero-order chi connectivity index (χ0) is 13.5. The molecule has 1 rings (SSSR count). The molecule has 1 atom stereocenters. The molecule has 0 aromatic heterocycles. The Labute approximate surface area is 108 Å². The SMILES string of the molecule is CCC[C@H](CC(=O)Cc1ccc(C)cc1)C(=O)O. The molecule has 0 aliphatic heterocycles. The van der Waals surface area contributed by atoms with Gasteiger partial charge in [0.05, 0.1) is 5.92 Å². The lowest BCUT2D eigenvalue weighted by Crippen LogP contribution is -2.18. The van der Waals surface area contributed by atoms with E-state index in [-0.39, 0.29) is 12.2 Å². The number of carbonyl (C=O) groups excluding carboxylic acids is 1. The van der Waals surface area contributed by atoms with Crippen LogP contribution in [0.5, 0.6) is 0 Å². The molecule has 0 bridgehead atoms. The molecule has 0 saturated heterocycles. The van der Waals surface area contributed by atoms with Crippen LogP contribution in [-0.4, -0.2) is 16.9 Å². The van der Waals surface area contributed by atoms with Gasteiger partial charge in [-0.05, 0) is 18.9 Å². The second-order valence-corrected chi connectivity index (χ2v) is 4.73. The Morgan fingerprint density at radius 1 is 1.22 bits per heavy atom. The van der Waals surface area contributed by atoms with Crippen molar-refractivity contribution in [3.8, 4) is 0 Å². The van der Waals surface area contributed by atoms with Gasteiger partial charge in [-0.2, -0.15) is 0 Å². The van der Waals surface area contributed by atoms with E-state index in [1.807, 2.05) is 38.1 Å². The highest BCUT2D eigenvalue weighted by Crippen LogP contribution is 2.14. The molecule has 0 aliphatic rings. The molecule has 0 radical (unpaired) electrons. The quantitative estimate of drug-likeness (QED) is 0.807. The minimum atomic E-state index is -0.867. The van der Waals surface area contributed by atoms with E-state index in [2.05, 4.69) is 0 Å². The maximum absolute atomic E-state index is 11.8. The summed E-state index contributed by atoms with van der Waals surface area (Å²) in [5.74, 6) is -1.40. The van der Waals surface area contributed by atoms with Crippen molar-refractivity contribution in [1.82, 2.24) is 0 Å². The number of rotatable bonds is 7. The lowest BCUT2D eigenvalue weighted by Gasteiger charge is -2.10. The highest BCUT2D eigenvalue weighted by molar-refractivity contribution is 5.85. The minimum absolute atomic E-state index is 0.000275. The average molecular weight is 248 g/mol. The Morgan fingerprint density at radius 2 is 1.83 bits per heavy atom. The van der Waals surface area contributed by atoms with Gasteiger partial charge in [-0.1, -0.05) is 43.2 Å². The van der Waals surface area contributed by atoms with Crippen LogP contribution >= 0.6 is 0 Å². The van der Waals surface area contributed by atoms with Gasteiger partial charge >= 0.3 is 5.97 Å². The molecule has 0 aliphatic carbocycles. The lowest BCUT2D eigenvalue weighted by atomic mass is 9.94. The summed E-state index contributed by atoms with van der Waals surface area (Å²) in [5.41, 5.74) is 2.10. The number of ketones is 1. The van der Waals surface area contributed by atoms with Gasteiger partial charge in [0.1, 0.15) is 5.78 Å². The van der Waals surface area contributed by atoms with Crippen molar-refractivity contribution in [2.45, 2.75) is 39.5 Å². The summed E-state index contributed by atoms with van der Waals surface area (Å²) >= 11 is 0. The molecule has 0 unspecified atom stereocenters. The molecule has 18 heavy (non-hydrogen) atoms. The number of Topliss-reactive ketones (excluding diaryl/α,β-unsaturated/α-hetero) is 1. The van der Waals surface area contributed by atoms with E-state index in [0.717, 1.165) is 17.5 Å². The van der Waals surface area contributed by atoms with Crippen molar-refractivity contribution in [2.75, 3.05) is 0 Å². The van der Waals surface area contributed by atoms with Gasteiger partial charge in [0, 0.05) is 12.8 Å². The first kappa shape index (κ1) is 14.4. The third-order valence-electron chi connectivity index (χ3n) is 2.98. The van der Waals surface area contributed by atoms with Gasteiger partial charge in [-0.3, -0.25) is 9.59 Å². The molecule has 0 saturated carbocycles. The van der Waals surface area contributed by atoms with Gasteiger partial charge in [0.2, 0.25) is 0 Å². The molecular formula is C15H20O3. The van der Waals surface area contributed by atoms with Crippen LogP contribution in [0.1, 0.15) is 37.3 Å². The Kier molecular flexibility index (Phi) is 5.56. The van der Waals surface area contributed by atoms with E-state index in [4.69, 9.17) is 5.11 Å². The molecule has 3 nitrogen and oxygen atoms in total. The summed E-state index contributed by atoms with van der Waals surface area (Å²) in [4.78, 5) is 22.8. The van der Waals surface area contributed by atoms with Gasteiger partial charge in [-0.15, -0.1) is 0 Å². The van der Waals surface area contributed by atoms with Crippen LogP contribution in [0.4, 0.5) is 0 Å². The van der Waals surface area contributed by atoms with Crippen LogP contribution in [0.25, 0.3) is 0 Å². The van der Waals surface area contributed by atoms with Crippen molar-refractivity contribution in [3.05, 3.63) is 35.4 Å². The lowest BCUT2D eigenvalue weighted by molar-refractivity contribution is -0.144. The molecule has 1 aromatic rings. The fourth-order valence-electron chi connectivity index (χ4n) is 1.94. The van der Waals surface area contributed by atoms with Crippen LogP contribution in [0, 0.1) is 12.8 Å². The molecule has 0 spiro atoms. The number of carbonyl (C=O) groups is 2. The van der Waals surface area contributed by atoms with Gasteiger partial charge in [0.25, 0.3) is 0 Å².